The maximum atomic E-state index is 11.8. The first-order chi connectivity index (χ1) is 16.2. The molecule has 7 nitrogen and oxygen atoms in total. The summed E-state index contributed by atoms with van der Waals surface area (Å²) in [6.07, 6.45) is 1.21. The Balaban J connectivity index is 1.31. The lowest BCUT2D eigenvalue weighted by Gasteiger charge is -2.57. The molecule has 0 radical (unpaired) electrons. The maximum Gasteiger partial charge on any atom is 0.175 e. The van der Waals surface area contributed by atoms with Crippen molar-refractivity contribution in [3.63, 3.8) is 0 Å². The Kier molecular flexibility index (Phi) is 4.63. The van der Waals surface area contributed by atoms with Gasteiger partial charge in [0.1, 0.15) is 11.3 Å². The van der Waals surface area contributed by atoms with Crippen LogP contribution in [0, 0.1) is 12.3 Å². The van der Waals surface area contributed by atoms with E-state index in [-0.39, 0.29) is 0 Å². The van der Waals surface area contributed by atoms with Gasteiger partial charge in [-0.05, 0) is 49.4 Å². The molecule has 4 heterocycles. The van der Waals surface area contributed by atoms with Crippen molar-refractivity contribution in [2.24, 2.45) is 12.5 Å². The number of aryl methyl sites for hydroxylation is 2. The zero-order valence-corrected chi connectivity index (χ0v) is 20.4. The molecule has 0 bridgehead atoms. The molecule has 174 valence electrons. The minimum atomic E-state index is -3.23. The molecule has 1 spiro atoms. The summed E-state index contributed by atoms with van der Waals surface area (Å²) >= 11 is 0. The van der Waals surface area contributed by atoms with Crippen molar-refractivity contribution >= 4 is 26.6 Å². The Hall–Kier alpha value is -3.23. The van der Waals surface area contributed by atoms with Gasteiger partial charge < -0.3 is 14.8 Å². The SMILES string of the molecule is Cc1nc(-c2ccc(N3CC4(CNC4)C3)cc2)cc2c1nc(-c1ccc(S(C)(=O)=O)cc1)n2C. The lowest BCUT2D eigenvalue weighted by atomic mass is 9.74. The number of benzene rings is 2. The molecule has 2 aromatic heterocycles. The molecule has 2 fully saturated rings. The van der Waals surface area contributed by atoms with E-state index in [0.29, 0.717) is 10.3 Å². The van der Waals surface area contributed by atoms with Gasteiger partial charge in [0, 0.05) is 61.7 Å². The van der Waals surface area contributed by atoms with E-state index in [1.54, 1.807) is 24.3 Å². The minimum Gasteiger partial charge on any atom is -0.370 e. The van der Waals surface area contributed by atoms with Crippen LogP contribution in [0.5, 0.6) is 0 Å². The van der Waals surface area contributed by atoms with Crippen LogP contribution in [-0.2, 0) is 16.9 Å². The molecule has 4 aromatic rings. The molecular weight excluding hydrogens is 446 g/mol. The molecule has 0 amide bonds. The average Bonchev–Trinajstić information content (AvgIpc) is 3.09. The summed E-state index contributed by atoms with van der Waals surface area (Å²) in [7, 11) is -1.25. The summed E-state index contributed by atoms with van der Waals surface area (Å²) in [6.45, 7) is 6.52. The van der Waals surface area contributed by atoms with Crippen molar-refractivity contribution in [1.82, 2.24) is 19.9 Å². The Morgan fingerprint density at radius 3 is 2.18 bits per heavy atom. The van der Waals surface area contributed by atoms with Crippen molar-refractivity contribution in [2.45, 2.75) is 11.8 Å². The van der Waals surface area contributed by atoms with Crippen LogP contribution in [-0.4, -0.2) is 55.4 Å². The number of pyridine rings is 1. The van der Waals surface area contributed by atoms with E-state index in [1.807, 2.05) is 18.5 Å². The second-order valence-electron chi connectivity index (χ2n) is 9.76. The van der Waals surface area contributed by atoms with E-state index in [9.17, 15) is 8.42 Å². The fourth-order valence-electron chi connectivity index (χ4n) is 5.09. The van der Waals surface area contributed by atoms with Crippen molar-refractivity contribution in [1.29, 1.82) is 0 Å². The Morgan fingerprint density at radius 1 is 0.941 bits per heavy atom. The monoisotopic (exact) mass is 473 g/mol. The quantitative estimate of drug-likeness (QED) is 0.489. The number of imidazole rings is 1. The molecule has 34 heavy (non-hydrogen) atoms. The molecule has 1 N–H and O–H groups in total. The second kappa shape index (κ2) is 7.38. The van der Waals surface area contributed by atoms with Crippen LogP contribution in [0.2, 0.25) is 0 Å². The minimum absolute atomic E-state index is 0.302. The highest BCUT2D eigenvalue weighted by Gasteiger charge is 2.47. The third kappa shape index (κ3) is 3.40. The summed E-state index contributed by atoms with van der Waals surface area (Å²) in [5.74, 6) is 0.782. The van der Waals surface area contributed by atoms with Crippen LogP contribution in [0.1, 0.15) is 5.69 Å². The summed E-state index contributed by atoms with van der Waals surface area (Å²) in [5, 5.41) is 3.39. The number of anilines is 1. The van der Waals surface area contributed by atoms with E-state index in [4.69, 9.17) is 9.97 Å². The predicted molar refractivity (Wildman–Crippen MR) is 135 cm³/mol. The van der Waals surface area contributed by atoms with E-state index < -0.39 is 9.84 Å². The van der Waals surface area contributed by atoms with Crippen LogP contribution < -0.4 is 10.2 Å². The fourth-order valence-corrected chi connectivity index (χ4v) is 5.72. The summed E-state index contributed by atoms with van der Waals surface area (Å²) in [6, 6.07) is 17.6. The first-order valence-corrected chi connectivity index (χ1v) is 13.3. The third-order valence-corrected chi connectivity index (χ3v) is 8.29. The summed E-state index contributed by atoms with van der Waals surface area (Å²) in [5.41, 5.74) is 7.35. The van der Waals surface area contributed by atoms with Gasteiger partial charge in [0.15, 0.2) is 9.84 Å². The highest BCUT2D eigenvalue weighted by atomic mass is 32.2. The molecule has 2 aromatic carbocycles. The topological polar surface area (TPSA) is 80.1 Å². The highest BCUT2D eigenvalue weighted by Crippen LogP contribution is 2.38. The molecule has 8 heteroatoms. The van der Waals surface area contributed by atoms with Gasteiger partial charge in [-0.15, -0.1) is 0 Å². The van der Waals surface area contributed by atoms with Gasteiger partial charge in [-0.1, -0.05) is 12.1 Å². The van der Waals surface area contributed by atoms with Crippen LogP contribution in [0.25, 0.3) is 33.7 Å². The molecule has 0 atom stereocenters. The first kappa shape index (κ1) is 21.3. The smallest absolute Gasteiger partial charge is 0.175 e. The van der Waals surface area contributed by atoms with Gasteiger partial charge in [-0.3, -0.25) is 4.98 Å². The van der Waals surface area contributed by atoms with E-state index in [2.05, 4.69) is 40.5 Å². The Bertz CT molecular complexity index is 1510. The zero-order chi connectivity index (χ0) is 23.7. The summed E-state index contributed by atoms with van der Waals surface area (Å²) in [4.78, 5) is 12.4. The van der Waals surface area contributed by atoms with Crippen LogP contribution >= 0.6 is 0 Å². The number of nitrogens with one attached hydrogen (secondary N) is 1. The molecule has 2 aliphatic heterocycles. The van der Waals surface area contributed by atoms with Gasteiger partial charge in [0.2, 0.25) is 0 Å². The fraction of sp³-hybridized carbons (Fsp3) is 0.308. The van der Waals surface area contributed by atoms with Gasteiger partial charge in [0.25, 0.3) is 0 Å². The van der Waals surface area contributed by atoms with E-state index in [0.717, 1.165) is 65.6 Å². The maximum absolute atomic E-state index is 11.8. The van der Waals surface area contributed by atoms with E-state index in [1.165, 1.54) is 11.9 Å². The van der Waals surface area contributed by atoms with Gasteiger partial charge >= 0.3 is 0 Å². The molecule has 6 rings (SSSR count). The Labute approximate surface area is 199 Å². The average molecular weight is 474 g/mol. The lowest BCUT2D eigenvalue weighted by molar-refractivity contribution is 0.121. The molecule has 2 saturated heterocycles. The number of fused-ring (bicyclic) bond motifs is 1. The standard InChI is InChI=1S/C26H27N5O2S/c1-17-24-23(30(2)25(29-24)19-6-10-21(11-7-19)34(3,32)33)12-22(28-17)18-4-8-20(9-5-18)31-15-26(16-31)13-27-14-26/h4-12,27H,13-16H2,1-3H3. The number of nitrogens with zero attached hydrogens (tertiary/aromatic N) is 4. The van der Waals surface area contributed by atoms with Crippen molar-refractivity contribution in [3.8, 4) is 22.6 Å². The Morgan fingerprint density at radius 2 is 1.59 bits per heavy atom. The molecule has 0 unspecified atom stereocenters. The van der Waals surface area contributed by atoms with Crippen molar-refractivity contribution in [3.05, 3.63) is 60.3 Å². The largest absolute Gasteiger partial charge is 0.370 e. The number of aromatic nitrogens is 3. The number of hydrogen-bond donors (Lipinski definition) is 1. The number of hydrogen-bond acceptors (Lipinski definition) is 6. The number of sulfone groups is 1. The van der Waals surface area contributed by atoms with Crippen LogP contribution in [0.15, 0.2) is 59.5 Å². The number of rotatable bonds is 4. The molecule has 0 aliphatic carbocycles. The van der Waals surface area contributed by atoms with Gasteiger partial charge in [-0.25, -0.2) is 13.4 Å². The molecule has 2 aliphatic rings. The highest BCUT2D eigenvalue weighted by molar-refractivity contribution is 7.90. The van der Waals surface area contributed by atoms with Gasteiger partial charge in [-0.2, -0.15) is 0 Å². The normalized spacial score (nSPS) is 17.1. The van der Waals surface area contributed by atoms with Gasteiger partial charge in [0.05, 0.1) is 21.8 Å². The predicted octanol–water partition coefficient (Wildman–Crippen LogP) is 3.42. The molecular formula is C26H27N5O2S. The van der Waals surface area contributed by atoms with Crippen LogP contribution in [0.4, 0.5) is 5.69 Å². The third-order valence-electron chi connectivity index (χ3n) is 7.17. The zero-order valence-electron chi connectivity index (χ0n) is 19.5. The first-order valence-electron chi connectivity index (χ1n) is 11.4. The van der Waals surface area contributed by atoms with Crippen LogP contribution in [0.3, 0.4) is 0 Å². The van der Waals surface area contributed by atoms with E-state index >= 15 is 0 Å². The van der Waals surface area contributed by atoms with Crippen molar-refractivity contribution < 1.29 is 8.42 Å². The lowest BCUT2D eigenvalue weighted by Crippen LogP contribution is -2.71. The van der Waals surface area contributed by atoms with Crippen molar-refractivity contribution in [2.75, 3.05) is 37.3 Å². The second-order valence-corrected chi connectivity index (χ2v) is 11.8. The molecule has 0 saturated carbocycles. The summed E-state index contributed by atoms with van der Waals surface area (Å²) < 4.78 is 25.6.